The van der Waals surface area contributed by atoms with Crippen molar-refractivity contribution in [3.05, 3.63) is 66.0 Å². The third kappa shape index (κ3) is 3.97. The molecule has 3 aromatic rings. The van der Waals surface area contributed by atoms with Gasteiger partial charge < -0.3 is 27.0 Å². The summed E-state index contributed by atoms with van der Waals surface area (Å²) in [5.41, 5.74) is 4.50. The smallest absolute Gasteiger partial charge is 0.335 e. The Kier molecular flexibility index (Phi) is 7.40. The minimum absolute atomic E-state index is 0. The van der Waals surface area contributed by atoms with E-state index in [1.807, 2.05) is 42.5 Å². The number of aromatic nitrogens is 2. The normalized spacial score (nSPS) is 11.6. The van der Waals surface area contributed by atoms with Gasteiger partial charge in [-0.05, 0) is 45.0 Å². The van der Waals surface area contributed by atoms with Crippen LogP contribution in [0.1, 0.15) is 26.6 Å². The van der Waals surface area contributed by atoms with Crippen LogP contribution in [0.5, 0.6) is 0 Å². The fourth-order valence-corrected chi connectivity index (χ4v) is 3.44. The predicted molar refractivity (Wildman–Crippen MR) is 108 cm³/mol. The van der Waals surface area contributed by atoms with Crippen molar-refractivity contribution in [1.29, 1.82) is 0 Å². The molecule has 2 aromatic carbocycles. The van der Waals surface area contributed by atoms with Crippen molar-refractivity contribution in [2.45, 2.75) is 33.9 Å². The van der Waals surface area contributed by atoms with E-state index in [4.69, 9.17) is 4.74 Å². The molecule has 3 rings (SSSR count). The first-order valence-electron chi connectivity index (χ1n) is 9.25. The molecule has 0 spiro atoms. The summed E-state index contributed by atoms with van der Waals surface area (Å²) >= 11 is 0. The van der Waals surface area contributed by atoms with Crippen molar-refractivity contribution in [3.63, 3.8) is 0 Å². The number of carbonyl (C=O) groups excluding carboxylic acids is 1. The molecule has 148 valence electrons. The lowest BCUT2D eigenvalue weighted by Crippen LogP contribution is -3.00. The maximum atomic E-state index is 12.4. The highest BCUT2D eigenvalue weighted by atomic mass is 79.9. The second-order valence-corrected chi connectivity index (χ2v) is 6.28. The Morgan fingerprint density at radius 2 is 1.71 bits per heavy atom. The Hall–Kier alpha value is -2.60. The van der Waals surface area contributed by atoms with Crippen LogP contribution in [-0.2, 0) is 22.6 Å². The van der Waals surface area contributed by atoms with Gasteiger partial charge in [-0.3, -0.25) is 0 Å². The van der Waals surface area contributed by atoms with E-state index in [1.54, 1.807) is 6.92 Å². The number of anilines is 1. The average molecular weight is 444 g/mol. The molecule has 0 amide bonds. The number of methoxy groups -OCH3 is 1. The molecular formula is C22H26BrN3O2. The van der Waals surface area contributed by atoms with Gasteiger partial charge in [0.1, 0.15) is 5.70 Å². The lowest BCUT2D eigenvalue weighted by molar-refractivity contribution is -0.671. The first-order valence-corrected chi connectivity index (χ1v) is 9.25. The predicted octanol–water partition coefficient (Wildman–Crippen LogP) is 0.989. The summed E-state index contributed by atoms with van der Waals surface area (Å²) in [7, 11) is 1.41. The molecule has 0 aliphatic heterocycles. The van der Waals surface area contributed by atoms with E-state index < -0.39 is 0 Å². The minimum atomic E-state index is -0.344. The van der Waals surface area contributed by atoms with E-state index in [0.717, 1.165) is 41.3 Å². The van der Waals surface area contributed by atoms with Gasteiger partial charge in [-0.15, -0.1) is 0 Å². The monoisotopic (exact) mass is 443 g/mol. The molecule has 5 nitrogen and oxygen atoms in total. The fraction of sp³-hybridized carbons (Fsp3) is 0.273. The van der Waals surface area contributed by atoms with Crippen LogP contribution >= 0.6 is 0 Å². The van der Waals surface area contributed by atoms with Crippen LogP contribution in [0.15, 0.2) is 60.2 Å². The third-order valence-electron chi connectivity index (χ3n) is 4.74. The number of rotatable bonds is 6. The van der Waals surface area contributed by atoms with E-state index in [0.29, 0.717) is 5.57 Å². The quantitative estimate of drug-likeness (QED) is 0.351. The highest BCUT2D eigenvalue weighted by Crippen LogP contribution is 2.25. The molecule has 0 saturated carbocycles. The maximum Gasteiger partial charge on any atom is 0.335 e. The van der Waals surface area contributed by atoms with Crippen LogP contribution in [0.3, 0.4) is 0 Å². The Labute approximate surface area is 176 Å². The number of nitrogens with zero attached hydrogens (tertiary/aromatic N) is 2. The summed E-state index contributed by atoms with van der Waals surface area (Å²) in [4.78, 5) is 12.4. The number of halogens is 1. The Balaban J connectivity index is 0.00000280. The summed E-state index contributed by atoms with van der Waals surface area (Å²) < 4.78 is 9.48. The molecule has 0 aliphatic rings. The summed E-state index contributed by atoms with van der Waals surface area (Å²) in [5.74, 6) is 0.622. The number of carbonyl (C=O) groups is 1. The Morgan fingerprint density at radius 1 is 1.07 bits per heavy atom. The molecule has 0 bridgehead atoms. The van der Waals surface area contributed by atoms with Gasteiger partial charge in [0.05, 0.1) is 25.8 Å². The number of esters is 1. The number of nitrogens with one attached hydrogen (secondary N) is 1. The van der Waals surface area contributed by atoms with Crippen molar-refractivity contribution in [2.75, 3.05) is 12.4 Å². The summed E-state index contributed by atoms with van der Waals surface area (Å²) in [6, 6.07) is 18.2. The Bertz CT molecular complexity index is 953. The molecule has 0 unspecified atom stereocenters. The highest BCUT2D eigenvalue weighted by molar-refractivity contribution is 5.99. The van der Waals surface area contributed by atoms with Gasteiger partial charge >= 0.3 is 11.8 Å². The van der Waals surface area contributed by atoms with Gasteiger partial charge in [0.25, 0.3) is 0 Å². The number of hydrogen-bond donors (Lipinski definition) is 1. The zero-order chi connectivity index (χ0) is 19.4. The number of benzene rings is 2. The SMILES string of the molecule is CCn1c(/C(Nc2ccccc2)=C(/C)C(=O)OC)[n+](CC)c2ccccc21.[Br-]. The molecule has 0 radical (unpaired) electrons. The molecule has 1 aromatic heterocycles. The first kappa shape index (κ1) is 21.7. The number of hydrogen-bond acceptors (Lipinski definition) is 3. The molecule has 28 heavy (non-hydrogen) atoms. The summed E-state index contributed by atoms with van der Waals surface area (Å²) in [6.45, 7) is 7.61. The maximum absolute atomic E-state index is 12.4. The second-order valence-electron chi connectivity index (χ2n) is 6.28. The van der Waals surface area contributed by atoms with Crippen LogP contribution in [0, 0.1) is 0 Å². The number of ether oxygens (including phenoxy) is 1. The fourth-order valence-electron chi connectivity index (χ4n) is 3.44. The molecule has 6 heteroatoms. The van der Waals surface area contributed by atoms with Crippen molar-refractivity contribution in [3.8, 4) is 0 Å². The zero-order valence-corrected chi connectivity index (χ0v) is 18.3. The van der Waals surface area contributed by atoms with Gasteiger partial charge in [-0.1, -0.05) is 30.3 Å². The first-order chi connectivity index (χ1) is 13.1. The molecule has 0 atom stereocenters. The number of fused-ring (bicyclic) bond motifs is 1. The molecular weight excluding hydrogens is 418 g/mol. The van der Waals surface area contributed by atoms with Crippen LogP contribution in [0.2, 0.25) is 0 Å². The number of aryl methyl sites for hydroxylation is 2. The van der Waals surface area contributed by atoms with E-state index in [1.165, 1.54) is 7.11 Å². The van der Waals surface area contributed by atoms with Crippen LogP contribution < -0.4 is 26.9 Å². The Morgan fingerprint density at radius 3 is 2.32 bits per heavy atom. The zero-order valence-electron chi connectivity index (χ0n) is 16.7. The molecule has 0 aliphatic carbocycles. The molecule has 1 heterocycles. The van der Waals surface area contributed by atoms with E-state index in [-0.39, 0.29) is 23.0 Å². The van der Waals surface area contributed by atoms with Crippen LogP contribution in [-0.4, -0.2) is 17.6 Å². The highest BCUT2D eigenvalue weighted by Gasteiger charge is 2.29. The molecule has 0 fully saturated rings. The molecule has 0 saturated heterocycles. The van der Waals surface area contributed by atoms with Gasteiger partial charge in [0.2, 0.25) is 0 Å². The third-order valence-corrected chi connectivity index (χ3v) is 4.74. The second kappa shape index (κ2) is 9.55. The van der Waals surface area contributed by atoms with Crippen molar-refractivity contribution < 1.29 is 31.1 Å². The van der Waals surface area contributed by atoms with Crippen molar-refractivity contribution in [2.24, 2.45) is 0 Å². The molecule has 1 N–H and O–H groups in total. The summed E-state index contributed by atoms with van der Waals surface area (Å²) in [5, 5.41) is 3.46. The van der Waals surface area contributed by atoms with Gasteiger partial charge in [-0.25, -0.2) is 13.9 Å². The van der Waals surface area contributed by atoms with Gasteiger partial charge in [0.15, 0.2) is 11.0 Å². The summed E-state index contributed by atoms with van der Waals surface area (Å²) in [6.07, 6.45) is 0. The van der Waals surface area contributed by atoms with Crippen molar-refractivity contribution in [1.82, 2.24) is 4.57 Å². The topological polar surface area (TPSA) is 47.1 Å². The van der Waals surface area contributed by atoms with Gasteiger partial charge in [0, 0.05) is 5.69 Å². The van der Waals surface area contributed by atoms with E-state index >= 15 is 0 Å². The largest absolute Gasteiger partial charge is 1.00 e. The lowest BCUT2D eigenvalue weighted by Gasteiger charge is -2.13. The average Bonchev–Trinajstić information content (AvgIpc) is 3.04. The number of para-hydroxylation sites is 3. The van der Waals surface area contributed by atoms with Crippen LogP contribution in [0.4, 0.5) is 5.69 Å². The van der Waals surface area contributed by atoms with Crippen molar-refractivity contribution >= 4 is 28.4 Å². The van der Waals surface area contributed by atoms with E-state index in [9.17, 15) is 4.79 Å². The minimum Gasteiger partial charge on any atom is -1.00 e. The standard InChI is InChI=1S/C22H25N3O2.BrH/c1-5-24-18-14-10-11-15-19(18)25(6-2)21(24)20(16(3)22(26)27-4)23-17-12-8-7-9-13-17;/h7-15H,5-6H2,1-4H3;1H. The number of imidazole rings is 1. The van der Waals surface area contributed by atoms with Crippen LogP contribution in [0.25, 0.3) is 16.7 Å². The van der Waals surface area contributed by atoms with Gasteiger partial charge in [-0.2, -0.15) is 0 Å². The van der Waals surface area contributed by atoms with E-state index in [2.05, 4.69) is 40.4 Å². The lowest BCUT2D eigenvalue weighted by atomic mass is 10.2.